The molecule has 3 amide bonds. The van der Waals surface area contributed by atoms with Crippen LogP contribution in [0.2, 0.25) is 0 Å². The highest BCUT2D eigenvalue weighted by atomic mass is 16.5. The maximum Gasteiger partial charge on any atom is 0.312 e. The second kappa shape index (κ2) is 6.23. The molecule has 0 unspecified atom stereocenters. The molecule has 1 aliphatic heterocycles. The molecule has 0 radical (unpaired) electrons. The Bertz CT molecular complexity index is 804. The molecule has 0 bridgehead atoms. The van der Waals surface area contributed by atoms with Crippen molar-refractivity contribution < 1.29 is 14.3 Å². The number of nitrogens with one attached hydrogen (secondary N) is 1. The Hall–Kier alpha value is -3.02. The Morgan fingerprint density at radius 3 is 2.62 bits per heavy atom. The van der Waals surface area contributed by atoms with Crippen LogP contribution >= 0.6 is 0 Å². The summed E-state index contributed by atoms with van der Waals surface area (Å²) in [6, 6.07) is 11.9. The van der Waals surface area contributed by atoms with Crippen LogP contribution in [0.4, 0.5) is 10.5 Å². The maximum absolute atomic E-state index is 12.5. The van der Waals surface area contributed by atoms with Gasteiger partial charge in [-0.3, -0.25) is 4.79 Å². The van der Waals surface area contributed by atoms with Crippen molar-refractivity contribution in [2.24, 2.45) is 5.73 Å². The molecule has 124 valence electrons. The molecule has 1 atom stereocenters. The Morgan fingerprint density at radius 1 is 1.21 bits per heavy atom. The molecule has 24 heavy (non-hydrogen) atoms. The third kappa shape index (κ3) is 2.90. The lowest BCUT2D eigenvalue weighted by Crippen LogP contribution is -2.53. The molecule has 6 nitrogen and oxygen atoms in total. The van der Waals surface area contributed by atoms with Gasteiger partial charge >= 0.3 is 6.03 Å². The van der Waals surface area contributed by atoms with Crippen LogP contribution in [-0.2, 0) is 11.2 Å². The van der Waals surface area contributed by atoms with Crippen LogP contribution in [0.3, 0.4) is 0 Å². The summed E-state index contributed by atoms with van der Waals surface area (Å²) in [6.07, 6.45) is 0.381. The average molecular weight is 325 g/mol. The normalized spacial score (nSPS) is 16.5. The molecule has 1 heterocycles. The van der Waals surface area contributed by atoms with Gasteiger partial charge in [-0.25, -0.2) is 4.79 Å². The van der Waals surface area contributed by atoms with Gasteiger partial charge in [-0.1, -0.05) is 30.3 Å². The second-order valence-corrected chi connectivity index (χ2v) is 5.79. The van der Waals surface area contributed by atoms with Crippen molar-refractivity contribution in [3.63, 3.8) is 0 Å². The summed E-state index contributed by atoms with van der Waals surface area (Å²) in [5.74, 6) is 1.13. The number of fused-ring (bicyclic) bond motifs is 1. The van der Waals surface area contributed by atoms with Crippen LogP contribution in [0.25, 0.3) is 0 Å². The smallest absolute Gasteiger partial charge is 0.312 e. The zero-order chi connectivity index (χ0) is 17.3. The Labute approximate surface area is 140 Å². The van der Waals surface area contributed by atoms with Crippen molar-refractivity contribution in [1.29, 1.82) is 0 Å². The number of ether oxygens (including phenoxy) is 1. The van der Waals surface area contributed by atoms with Gasteiger partial charge < -0.3 is 20.7 Å². The first-order chi connectivity index (χ1) is 11.5. The number of primary amides is 1. The number of hydrogen-bond donors (Lipinski definition) is 2. The fourth-order valence-electron chi connectivity index (χ4n) is 2.92. The van der Waals surface area contributed by atoms with Gasteiger partial charge in [0, 0.05) is 13.5 Å². The first-order valence-corrected chi connectivity index (χ1v) is 7.66. The molecular formula is C18H19N3O3. The van der Waals surface area contributed by atoms with Crippen molar-refractivity contribution >= 4 is 17.6 Å². The molecule has 0 fully saturated rings. The molecule has 0 saturated carbocycles. The minimum absolute atomic E-state index is 0.220. The van der Waals surface area contributed by atoms with Gasteiger partial charge in [-0.05, 0) is 30.2 Å². The summed E-state index contributed by atoms with van der Waals surface area (Å²) < 4.78 is 6.04. The number of aryl methyl sites for hydroxylation is 1. The Morgan fingerprint density at radius 2 is 1.92 bits per heavy atom. The van der Waals surface area contributed by atoms with Gasteiger partial charge in [0.05, 0.1) is 5.69 Å². The number of nitrogens with two attached hydrogens (primary N) is 1. The number of anilines is 1. The first-order valence-electron chi connectivity index (χ1n) is 7.66. The fraction of sp³-hybridized carbons (Fsp3) is 0.222. The quantitative estimate of drug-likeness (QED) is 0.908. The summed E-state index contributed by atoms with van der Waals surface area (Å²) in [5, 5.41) is 2.49. The van der Waals surface area contributed by atoms with Gasteiger partial charge in [0.25, 0.3) is 0 Å². The van der Waals surface area contributed by atoms with E-state index in [9.17, 15) is 9.59 Å². The van der Waals surface area contributed by atoms with Gasteiger partial charge in [-0.15, -0.1) is 0 Å². The molecule has 3 rings (SSSR count). The average Bonchev–Trinajstić information content (AvgIpc) is 2.54. The number of amides is 3. The van der Waals surface area contributed by atoms with Crippen molar-refractivity contribution in [2.75, 3.05) is 11.9 Å². The van der Waals surface area contributed by atoms with E-state index in [0.717, 1.165) is 16.9 Å². The Balaban J connectivity index is 1.97. The molecule has 2 aromatic rings. The number of benzene rings is 2. The van der Waals surface area contributed by atoms with E-state index in [0.29, 0.717) is 17.9 Å². The highest BCUT2D eigenvalue weighted by molar-refractivity contribution is 6.02. The monoisotopic (exact) mass is 325 g/mol. The molecule has 0 spiro atoms. The lowest BCUT2D eigenvalue weighted by Gasteiger charge is -2.32. The third-order valence-electron chi connectivity index (χ3n) is 4.10. The van der Waals surface area contributed by atoms with Crippen LogP contribution < -0.4 is 20.7 Å². The van der Waals surface area contributed by atoms with E-state index in [1.807, 2.05) is 49.4 Å². The van der Waals surface area contributed by atoms with Gasteiger partial charge in [-0.2, -0.15) is 0 Å². The van der Waals surface area contributed by atoms with Crippen LogP contribution in [0.15, 0.2) is 42.5 Å². The minimum atomic E-state index is -0.711. The zero-order valence-corrected chi connectivity index (χ0v) is 13.6. The lowest BCUT2D eigenvalue weighted by atomic mass is 9.97. The van der Waals surface area contributed by atoms with Gasteiger partial charge in [0.2, 0.25) is 5.91 Å². The van der Waals surface area contributed by atoms with Crippen LogP contribution in [-0.4, -0.2) is 25.0 Å². The van der Waals surface area contributed by atoms with E-state index in [1.54, 1.807) is 7.05 Å². The van der Waals surface area contributed by atoms with Gasteiger partial charge in [0.1, 0.15) is 11.8 Å². The minimum Gasteiger partial charge on any atom is -0.455 e. The number of nitrogens with zero attached hydrogens (tertiary/aromatic N) is 1. The summed E-state index contributed by atoms with van der Waals surface area (Å²) in [7, 11) is 1.67. The van der Waals surface area contributed by atoms with E-state index in [2.05, 4.69) is 5.32 Å². The maximum atomic E-state index is 12.5. The SMILES string of the molecule is Cc1ccccc1Oc1cccc2c1N(C)C(=O)[C@H](NC(N)=O)C2. The van der Waals surface area contributed by atoms with E-state index >= 15 is 0 Å². The predicted molar refractivity (Wildman–Crippen MR) is 91.3 cm³/mol. The number of likely N-dealkylation sites (N-methyl/N-ethyl adjacent to an activating group) is 1. The number of carbonyl (C=O) groups is 2. The molecule has 0 aliphatic carbocycles. The summed E-state index contributed by atoms with van der Waals surface area (Å²) in [4.78, 5) is 25.1. The van der Waals surface area contributed by atoms with Crippen molar-refractivity contribution in [3.8, 4) is 11.5 Å². The molecule has 0 saturated heterocycles. The number of para-hydroxylation sites is 2. The van der Waals surface area contributed by atoms with Crippen molar-refractivity contribution in [2.45, 2.75) is 19.4 Å². The number of carbonyl (C=O) groups excluding carboxylic acids is 2. The highest BCUT2D eigenvalue weighted by Gasteiger charge is 2.33. The first kappa shape index (κ1) is 15.9. The molecule has 3 N–H and O–H groups in total. The van der Waals surface area contributed by atoms with Crippen LogP contribution in [0.1, 0.15) is 11.1 Å². The van der Waals surface area contributed by atoms with E-state index in [4.69, 9.17) is 10.5 Å². The van der Waals surface area contributed by atoms with Crippen molar-refractivity contribution in [1.82, 2.24) is 5.32 Å². The standard InChI is InChI=1S/C18H19N3O3/c1-11-6-3-4-8-14(11)24-15-9-5-7-12-10-13(20-18(19)23)17(22)21(2)16(12)15/h3-9,13H,10H2,1-2H3,(H3,19,20,23)/t13-/m1/s1. The predicted octanol–water partition coefficient (Wildman–Crippen LogP) is 2.34. The molecule has 0 aromatic heterocycles. The largest absolute Gasteiger partial charge is 0.455 e. The van der Waals surface area contributed by atoms with Crippen LogP contribution in [0.5, 0.6) is 11.5 Å². The third-order valence-corrected chi connectivity index (χ3v) is 4.10. The van der Waals surface area contributed by atoms with Crippen molar-refractivity contribution in [3.05, 3.63) is 53.6 Å². The van der Waals surface area contributed by atoms with Gasteiger partial charge in [0.15, 0.2) is 5.75 Å². The molecular weight excluding hydrogens is 306 g/mol. The number of urea groups is 1. The topological polar surface area (TPSA) is 84.7 Å². The Kier molecular flexibility index (Phi) is 4.12. The zero-order valence-electron chi connectivity index (χ0n) is 13.6. The molecule has 2 aromatic carbocycles. The lowest BCUT2D eigenvalue weighted by molar-refractivity contribution is -0.120. The number of rotatable bonds is 3. The van der Waals surface area contributed by atoms with E-state index in [-0.39, 0.29) is 5.91 Å². The highest BCUT2D eigenvalue weighted by Crippen LogP contribution is 2.39. The molecule has 6 heteroatoms. The molecule has 1 aliphatic rings. The number of hydrogen-bond acceptors (Lipinski definition) is 3. The summed E-state index contributed by atoms with van der Waals surface area (Å²) >= 11 is 0. The second-order valence-electron chi connectivity index (χ2n) is 5.79. The fourth-order valence-corrected chi connectivity index (χ4v) is 2.92. The van der Waals surface area contributed by atoms with Crippen LogP contribution in [0, 0.1) is 6.92 Å². The van der Waals surface area contributed by atoms with E-state index < -0.39 is 12.1 Å². The van der Waals surface area contributed by atoms with E-state index in [1.165, 1.54) is 4.90 Å². The summed E-state index contributed by atoms with van der Waals surface area (Å²) in [6.45, 7) is 1.96. The summed E-state index contributed by atoms with van der Waals surface area (Å²) in [5.41, 5.74) is 7.80.